The summed E-state index contributed by atoms with van der Waals surface area (Å²) >= 11 is 0. The van der Waals surface area contributed by atoms with Crippen molar-refractivity contribution in [2.24, 2.45) is 11.3 Å². The Hall–Kier alpha value is -3.31. The lowest BCUT2D eigenvalue weighted by atomic mass is 9.55. The number of carbonyl (C=O) groups is 1. The van der Waals surface area contributed by atoms with Crippen molar-refractivity contribution >= 4 is 30.7 Å². The Morgan fingerprint density at radius 3 is 2.63 bits per heavy atom. The number of hydrogen-bond acceptors (Lipinski definition) is 10. The Balaban J connectivity index is 1.56. The fourth-order valence-electron chi connectivity index (χ4n) is 4.56. The normalized spacial score (nSPS) is 23.6. The highest BCUT2D eigenvalue weighted by atomic mass is 31.2. The highest BCUT2D eigenvalue weighted by molar-refractivity contribution is 7.52. The fourth-order valence-corrected chi connectivity index (χ4v) is 6.16. The predicted molar refractivity (Wildman–Crippen MR) is 141 cm³/mol. The van der Waals surface area contributed by atoms with E-state index in [4.69, 9.17) is 19.5 Å². The van der Waals surface area contributed by atoms with Crippen LogP contribution < -0.4 is 15.3 Å². The lowest BCUT2D eigenvalue weighted by Crippen LogP contribution is -2.53. The number of nitrogens with zero attached hydrogens (tertiary/aromatic N) is 4. The lowest BCUT2D eigenvalue weighted by molar-refractivity contribution is -0.149. The number of hydrogen-bond donors (Lipinski definition) is 3. The zero-order valence-electron chi connectivity index (χ0n) is 21.8. The minimum absolute atomic E-state index is 0.111. The van der Waals surface area contributed by atoms with E-state index in [-0.39, 0.29) is 37.1 Å². The van der Waals surface area contributed by atoms with Gasteiger partial charge in [0.05, 0.1) is 25.1 Å². The van der Waals surface area contributed by atoms with Gasteiger partial charge in [-0.2, -0.15) is 5.09 Å². The van der Waals surface area contributed by atoms with Crippen molar-refractivity contribution in [3.8, 4) is 5.75 Å². The number of anilines is 1. The highest BCUT2D eigenvalue weighted by Gasteiger charge is 2.56. The van der Waals surface area contributed by atoms with Crippen molar-refractivity contribution < 1.29 is 28.3 Å². The summed E-state index contributed by atoms with van der Waals surface area (Å²) < 4.78 is 32.6. The van der Waals surface area contributed by atoms with E-state index in [0.29, 0.717) is 22.5 Å². The summed E-state index contributed by atoms with van der Waals surface area (Å²) in [4.78, 5) is 25.0. The van der Waals surface area contributed by atoms with Gasteiger partial charge in [-0.3, -0.25) is 9.32 Å². The van der Waals surface area contributed by atoms with Crippen molar-refractivity contribution in [2.75, 3.05) is 18.9 Å². The number of nitrogens with one attached hydrogen (secondary N) is 1. The number of nitrogen functional groups attached to an aromatic ring is 1. The molecule has 4 N–H and O–H groups in total. The molecule has 0 amide bonds. The van der Waals surface area contributed by atoms with Crippen LogP contribution in [0.1, 0.15) is 33.7 Å². The third-order valence-electron chi connectivity index (χ3n) is 6.73. The van der Waals surface area contributed by atoms with Crippen LogP contribution in [0, 0.1) is 11.3 Å². The molecule has 0 spiro atoms. The topological polar surface area (TPSA) is 164 Å². The first-order valence-electron chi connectivity index (χ1n) is 12.2. The first-order valence-corrected chi connectivity index (χ1v) is 13.7. The maximum absolute atomic E-state index is 13.9. The number of aliphatic hydroxyl groups is 1. The molecule has 2 heterocycles. The zero-order valence-corrected chi connectivity index (χ0v) is 22.7. The van der Waals surface area contributed by atoms with Gasteiger partial charge in [-0.25, -0.2) is 19.5 Å². The van der Waals surface area contributed by atoms with E-state index in [9.17, 15) is 14.5 Å². The van der Waals surface area contributed by atoms with Crippen molar-refractivity contribution in [2.45, 2.75) is 45.9 Å². The van der Waals surface area contributed by atoms with Crippen molar-refractivity contribution in [1.82, 2.24) is 24.6 Å². The van der Waals surface area contributed by atoms with Gasteiger partial charge in [-0.15, -0.1) is 0 Å². The van der Waals surface area contributed by atoms with Crippen LogP contribution in [-0.2, 0) is 18.6 Å². The maximum Gasteiger partial charge on any atom is 0.459 e. The molecule has 0 aliphatic heterocycles. The molecule has 4 rings (SSSR count). The Morgan fingerprint density at radius 2 is 1.97 bits per heavy atom. The van der Waals surface area contributed by atoms with Crippen LogP contribution in [0.25, 0.3) is 11.2 Å². The lowest BCUT2D eigenvalue weighted by Gasteiger charge is -2.55. The summed E-state index contributed by atoms with van der Waals surface area (Å²) in [5, 5.41) is 13.0. The molecule has 1 saturated carbocycles. The third-order valence-corrected chi connectivity index (χ3v) is 8.36. The number of carbonyl (C=O) groups excluding carboxylic acids is 1. The minimum atomic E-state index is -4.09. The summed E-state index contributed by atoms with van der Waals surface area (Å²) in [6.07, 6.45) is 2.59. The largest absolute Gasteiger partial charge is 0.462 e. The van der Waals surface area contributed by atoms with E-state index >= 15 is 0 Å². The number of ether oxygens (including phenoxy) is 1. The molecule has 13 heteroatoms. The number of imidazole rings is 1. The van der Waals surface area contributed by atoms with E-state index in [1.54, 1.807) is 55.1 Å². The van der Waals surface area contributed by atoms with Gasteiger partial charge in [-0.1, -0.05) is 31.7 Å². The summed E-state index contributed by atoms with van der Waals surface area (Å²) in [5.41, 5.74) is 6.83. The van der Waals surface area contributed by atoms with Crippen molar-refractivity contribution in [1.29, 1.82) is 0 Å². The van der Waals surface area contributed by atoms with E-state index in [2.05, 4.69) is 26.6 Å². The van der Waals surface area contributed by atoms with E-state index < -0.39 is 25.2 Å². The quantitative estimate of drug-likeness (QED) is 0.184. The minimum Gasteiger partial charge on any atom is -0.462 e. The molecular formula is C25H33N6O6P. The van der Waals surface area contributed by atoms with Crippen LogP contribution in [0.2, 0.25) is 0 Å². The summed E-state index contributed by atoms with van der Waals surface area (Å²) in [5.74, 6) is -0.428. The van der Waals surface area contributed by atoms with Crippen LogP contribution in [-0.4, -0.2) is 56.0 Å². The van der Waals surface area contributed by atoms with Gasteiger partial charge in [-0.05, 0) is 38.5 Å². The first kappa shape index (κ1) is 27.7. The second-order valence-corrected chi connectivity index (χ2v) is 11.5. The number of esters is 1. The molecule has 38 heavy (non-hydrogen) atoms. The second-order valence-electron chi connectivity index (χ2n) is 9.77. The number of nitrogens with two attached hydrogens (primary N) is 1. The van der Waals surface area contributed by atoms with Gasteiger partial charge in [0.2, 0.25) is 0 Å². The average Bonchev–Trinajstić information content (AvgIpc) is 3.30. The van der Waals surface area contributed by atoms with Crippen LogP contribution in [0.5, 0.6) is 5.75 Å². The Morgan fingerprint density at radius 1 is 1.26 bits per heavy atom. The molecule has 0 saturated heterocycles. The SMILES string of the molecule is C=C1[C@@H](n2cnc3c(N)ncnc32)[C@H](CO)[C@@]1(C)COP(=O)(NC(C)C(=O)OC(C)C)Oc1ccccc1. The smallest absolute Gasteiger partial charge is 0.459 e. The van der Waals surface area contributed by atoms with Crippen molar-refractivity contribution in [3.05, 3.63) is 55.1 Å². The highest BCUT2D eigenvalue weighted by Crippen LogP contribution is 2.59. The van der Waals surface area contributed by atoms with Crippen LogP contribution in [0.15, 0.2) is 55.1 Å². The molecule has 3 aromatic rings. The standard InChI is InChI=1S/C25H33N6O6P/c1-15(2)36-24(33)17(4)30-38(34,37-18-9-7-6-8-10-18)35-12-25(5)16(3)21(19(25)11-32)31-14-29-20-22(26)27-13-28-23(20)31/h6-10,13-15,17,19,21,32H,3,11-12H2,1-2,4-5H3,(H,30,34)(H2,26,27,28)/t17?,19-,21+,25-,38?/m0/s1. The summed E-state index contributed by atoms with van der Waals surface area (Å²) in [7, 11) is -4.09. The zero-order chi connectivity index (χ0) is 27.7. The van der Waals surface area contributed by atoms with E-state index in [1.807, 2.05) is 6.92 Å². The summed E-state index contributed by atoms with van der Waals surface area (Å²) in [6, 6.07) is 7.17. The molecular weight excluding hydrogens is 511 g/mol. The average molecular weight is 545 g/mol. The van der Waals surface area contributed by atoms with E-state index in [1.165, 1.54) is 13.3 Å². The molecule has 5 atom stereocenters. The van der Waals surface area contributed by atoms with Crippen LogP contribution in [0.3, 0.4) is 0 Å². The number of benzene rings is 1. The third kappa shape index (κ3) is 5.30. The van der Waals surface area contributed by atoms with Crippen molar-refractivity contribution in [3.63, 3.8) is 0 Å². The van der Waals surface area contributed by atoms with Gasteiger partial charge >= 0.3 is 13.7 Å². The Bertz CT molecular complexity index is 1360. The van der Waals surface area contributed by atoms with Gasteiger partial charge in [0.15, 0.2) is 11.5 Å². The van der Waals surface area contributed by atoms with Gasteiger partial charge in [0.1, 0.15) is 23.6 Å². The molecule has 1 aliphatic carbocycles. The second kappa shape index (κ2) is 10.8. The Labute approximate surface area is 220 Å². The van der Waals surface area contributed by atoms with Gasteiger partial charge < -0.3 is 24.7 Å². The molecule has 2 unspecified atom stereocenters. The molecule has 1 aliphatic rings. The van der Waals surface area contributed by atoms with E-state index in [0.717, 1.165) is 0 Å². The van der Waals surface area contributed by atoms with Gasteiger partial charge in [0.25, 0.3) is 0 Å². The number of aliphatic hydroxyl groups excluding tert-OH is 1. The van der Waals surface area contributed by atoms with Crippen LogP contribution in [0.4, 0.5) is 5.82 Å². The monoisotopic (exact) mass is 544 g/mol. The molecule has 0 radical (unpaired) electrons. The summed E-state index contributed by atoms with van der Waals surface area (Å²) in [6.45, 7) is 10.7. The maximum atomic E-state index is 13.9. The number of para-hydroxylation sites is 1. The van der Waals surface area contributed by atoms with Crippen LogP contribution >= 0.6 is 7.75 Å². The first-order chi connectivity index (χ1) is 18.0. The molecule has 204 valence electrons. The molecule has 12 nitrogen and oxygen atoms in total. The molecule has 1 aromatic carbocycles. The number of rotatable bonds is 11. The number of fused-ring (bicyclic) bond motifs is 1. The van der Waals surface area contributed by atoms with Gasteiger partial charge in [0, 0.05) is 17.9 Å². The number of aromatic nitrogens is 4. The Kier molecular flexibility index (Phi) is 7.89. The predicted octanol–water partition coefficient (Wildman–Crippen LogP) is 3.27. The molecule has 1 fully saturated rings. The fraction of sp³-hybridized carbons (Fsp3) is 0.440. The molecule has 0 bridgehead atoms. The molecule has 2 aromatic heterocycles.